The smallest absolute Gasteiger partial charge is 0.131 e. The molecule has 3 aromatic rings. The highest BCUT2D eigenvalue weighted by Crippen LogP contribution is 2.45. The Balaban J connectivity index is 1.72. The normalized spacial score (nSPS) is 21.0. The molecule has 1 saturated heterocycles. The summed E-state index contributed by atoms with van der Waals surface area (Å²) in [6, 6.07) is 6.27. The molecule has 1 aliphatic heterocycles. The minimum Gasteiger partial charge on any atom is -0.379 e. The van der Waals surface area contributed by atoms with Crippen LogP contribution in [0.5, 0.6) is 0 Å². The number of anilines is 1. The number of nitrogens with zero attached hydrogens (tertiary/aromatic N) is 1. The van der Waals surface area contributed by atoms with E-state index in [9.17, 15) is 0 Å². The number of thiophene rings is 2. The van der Waals surface area contributed by atoms with Crippen LogP contribution >= 0.6 is 50.2 Å². The van der Waals surface area contributed by atoms with Crippen molar-refractivity contribution in [1.29, 1.82) is 0 Å². The largest absolute Gasteiger partial charge is 0.379 e. The molecule has 0 aliphatic carbocycles. The van der Waals surface area contributed by atoms with Crippen molar-refractivity contribution in [2.75, 3.05) is 18.4 Å². The maximum atomic E-state index is 6.48. The first-order valence-electron chi connectivity index (χ1n) is 8.64. The molecule has 4 nitrogen and oxygen atoms in total. The monoisotopic (exact) mass is 470 g/mol. The molecular formula is C18H20BrClN4S2. The molecule has 4 rings (SSSR count). The molecule has 138 valence electrons. The van der Waals surface area contributed by atoms with Crippen LogP contribution in [0, 0.1) is 0 Å². The van der Waals surface area contributed by atoms with Gasteiger partial charge in [0.05, 0.1) is 20.4 Å². The Kier molecular flexibility index (Phi) is 5.83. The molecule has 0 amide bonds. The molecule has 4 N–H and O–H groups in total. The van der Waals surface area contributed by atoms with E-state index in [0.717, 1.165) is 52.9 Å². The van der Waals surface area contributed by atoms with Crippen molar-refractivity contribution in [3.05, 3.63) is 43.0 Å². The van der Waals surface area contributed by atoms with Crippen molar-refractivity contribution < 1.29 is 0 Å². The van der Waals surface area contributed by atoms with E-state index < -0.39 is 0 Å². The fraction of sp³-hybridized carbons (Fsp3) is 0.389. The molecule has 8 heteroatoms. The Bertz CT molecular complexity index is 896. The van der Waals surface area contributed by atoms with Crippen molar-refractivity contribution in [1.82, 2.24) is 10.3 Å². The van der Waals surface area contributed by atoms with Crippen LogP contribution in [0.3, 0.4) is 0 Å². The van der Waals surface area contributed by atoms with Crippen molar-refractivity contribution >= 4 is 66.1 Å². The Hall–Kier alpha value is -0.700. The lowest BCUT2D eigenvalue weighted by Crippen LogP contribution is -2.28. The van der Waals surface area contributed by atoms with Crippen LogP contribution in [0.25, 0.3) is 10.2 Å². The molecule has 0 radical (unpaired) electrons. The molecule has 4 heterocycles. The van der Waals surface area contributed by atoms with Gasteiger partial charge in [0, 0.05) is 34.3 Å². The third-order valence-corrected chi connectivity index (χ3v) is 8.23. The summed E-state index contributed by atoms with van der Waals surface area (Å²) >= 11 is 13.6. The van der Waals surface area contributed by atoms with Crippen LogP contribution in [0.4, 0.5) is 5.69 Å². The van der Waals surface area contributed by atoms with E-state index in [1.165, 1.54) is 9.75 Å². The van der Waals surface area contributed by atoms with Gasteiger partial charge in [0.1, 0.15) is 5.15 Å². The van der Waals surface area contributed by atoms with Crippen LogP contribution in [0.1, 0.15) is 28.5 Å². The van der Waals surface area contributed by atoms with Gasteiger partial charge < -0.3 is 16.4 Å². The maximum absolute atomic E-state index is 6.48. The van der Waals surface area contributed by atoms with Gasteiger partial charge in [-0.1, -0.05) is 17.7 Å². The maximum Gasteiger partial charge on any atom is 0.131 e. The SMILES string of the molecule is N[C@H]1CCNCC[C@@H]1c1sc2c(NCc3cccs3)cc(Cl)nc2c1Br. The molecule has 1 fully saturated rings. The summed E-state index contributed by atoms with van der Waals surface area (Å²) in [7, 11) is 0. The van der Waals surface area contributed by atoms with Gasteiger partial charge in [-0.15, -0.1) is 22.7 Å². The van der Waals surface area contributed by atoms with Gasteiger partial charge in [0.2, 0.25) is 0 Å². The average molecular weight is 472 g/mol. The quantitative estimate of drug-likeness (QED) is 0.459. The molecule has 0 aromatic carbocycles. The van der Waals surface area contributed by atoms with Crippen LogP contribution in [-0.2, 0) is 6.54 Å². The zero-order chi connectivity index (χ0) is 18.1. The first-order chi connectivity index (χ1) is 12.6. The Morgan fingerprint density at radius 3 is 3.04 bits per heavy atom. The number of aromatic nitrogens is 1. The van der Waals surface area contributed by atoms with E-state index in [1.54, 1.807) is 22.7 Å². The Labute approximate surface area is 174 Å². The van der Waals surface area contributed by atoms with Crippen molar-refractivity contribution in [3.8, 4) is 0 Å². The van der Waals surface area contributed by atoms with Crippen LogP contribution in [-0.4, -0.2) is 24.1 Å². The van der Waals surface area contributed by atoms with E-state index in [4.69, 9.17) is 17.3 Å². The van der Waals surface area contributed by atoms with Crippen molar-refractivity contribution in [3.63, 3.8) is 0 Å². The van der Waals surface area contributed by atoms with Gasteiger partial charge in [0.25, 0.3) is 0 Å². The number of pyridine rings is 1. The molecule has 0 spiro atoms. The molecule has 0 unspecified atom stereocenters. The van der Waals surface area contributed by atoms with Gasteiger partial charge >= 0.3 is 0 Å². The van der Waals surface area contributed by atoms with Crippen LogP contribution < -0.4 is 16.4 Å². The van der Waals surface area contributed by atoms with E-state index >= 15 is 0 Å². The third kappa shape index (κ3) is 3.79. The number of hydrogen-bond acceptors (Lipinski definition) is 6. The minimum atomic E-state index is 0.160. The summed E-state index contributed by atoms with van der Waals surface area (Å²) in [4.78, 5) is 7.15. The lowest BCUT2D eigenvalue weighted by molar-refractivity contribution is 0.524. The topological polar surface area (TPSA) is 63.0 Å². The minimum absolute atomic E-state index is 0.160. The van der Waals surface area contributed by atoms with Crippen LogP contribution in [0.15, 0.2) is 28.1 Å². The number of nitrogens with two attached hydrogens (primary N) is 1. The third-order valence-electron chi connectivity index (χ3n) is 4.75. The summed E-state index contributed by atoms with van der Waals surface area (Å²) in [6.07, 6.45) is 2.03. The number of halogens is 2. The molecule has 0 bridgehead atoms. The summed E-state index contributed by atoms with van der Waals surface area (Å²) in [6.45, 7) is 2.76. The molecule has 0 saturated carbocycles. The highest BCUT2D eigenvalue weighted by Gasteiger charge is 2.27. The summed E-state index contributed by atoms with van der Waals surface area (Å²) in [5.74, 6) is 0.336. The lowest BCUT2D eigenvalue weighted by atomic mass is 9.94. The number of nitrogens with one attached hydrogen (secondary N) is 2. The second-order valence-electron chi connectivity index (χ2n) is 6.48. The number of rotatable bonds is 4. The van der Waals surface area contributed by atoms with Gasteiger partial charge in [-0.05, 0) is 53.3 Å². The van der Waals surface area contributed by atoms with E-state index in [-0.39, 0.29) is 6.04 Å². The fourth-order valence-electron chi connectivity index (χ4n) is 3.38. The average Bonchev–Trinajstić information content (AvgIpc) is 3.19. The van der Waals surface area contributed by atoms with E-state index in [1.807, 2.05) is 6.07 Å². The standard InChI is InChI=1S/C18H20BrClN4S2/c19-15-16-18(26-17(15)11-3-5-22-6-4-12(11)21)13(8-14(20)24-16)23-9-10-2-1-7-25-10/h1-2,7-8,11-12,22H,3-6,9,21H2,(H,23,24)/t11-,12-/m0/s1. The first-order valence-corrected chi connectivity index (χ1v) is 11.5. The number of hydrogen-bond donors (Lipinski definition) is 3. The first kappa shape index (κ1) is 18.7. The predicted molar refractivity (Wildman–Crippen MR) is 117 cm³/mol. The second-order valence-corrected chi connectivity index (χ2v) is 9.75. The Morgan fingerprint density at radius 1 is 1.38 bits per heavy atom. The van der Waals surface area contributed by atoms with Gasteiger partial charge in [-0.2, -0.15) is 0 Å². The highest BCUT2D eigenvalue weighted by molar-refractivity contribution is 9.10. The molecule has 26 heavy (non-hydrogen) atoms. The van der Waals surface area contributed by atoms with Gasteiger partial charge in [-0.25, -0.2) is 4.98 Å². The van der Waals surface area contributed by atoms with E-state index in [0.29, 0.717) is 11.1 Å². The summed E-state index contributed by atoms with van der Waals surface area (Å²) in [5.41, 5.74) is 8.44. The lowest BCUT2D eigenvalue weighted by Gasteiger charge is -2.19. The molecule has 3 aromatic heterocycles. The summed E-state index contributed by atoms with van der Waals surface area (Å²) < 4.78 is 2.18. The van der Waals surface area contributed by atoms with Crippen molar-refractivity contribution in [2.45, 2.75) is 31.3 Å². The molecular weight excluding hydrogens is 452 g/mol. The summed E-state index contributed by atoms with van der Waals surface area (Å²) in [5, 5.41) is 9.57. The zero-order valence-electron chi connectivity index (χ0n) is 14.1. The van der Waals surface area contributed by atoms with E-state index in [2.05, 4.69) is 49.1 Å². The van der Waals surface area contributed by atoms with Crippen molar-refractivity contribution in [2.24, 2.45) is 5.73 Å². The number of fused-ring (bicyclic) bond motifs is 1. The highest BCUT2D eigenvalue weighted by atomic mass is 79.9. The molecule has 1 aliphatic rings. The fourth-order valence-corrected chi connectivity index (χ4v) is 6.51. The van der Waals surface area contributed by atoms with Gasteiger partial charge in [0.15, 0.2) is 0 Å². The predicted octanol–water partition coefficient (Wildman–Crippen LogP) is 5.18. The second kappa shape index (κ2) is 8.12. The van der Waals surface area contributed by atoms with Crippen LogP contribution in [0.2, 0.25) is 5.15 Å². The molecule has 2 atom stereocenters. The Morgan fingerprint density at radius 2 is 2.23 bits per heavy atom. The zero-order valence-corrected chi connectivity index (χ0v) is 18.1. The van der Waals surface area contributed by atoms with Gasteiger partial charge in [-0.3, -0.25) is 0 Å².